The molecule has 0 aliphatic heterocycles. The molecule has 3 rings (SSSR count). The topological polar surface area (TPSA) is 76.1 Å². The molecule has 0 radical (unpaired) electrons. The molecule has 0 saturated heterocycles. The first-order valence-corrected chi connectivity index (χ1v) is 8.37. The van der Waals surface area contributed by atoms with Crippen LogP contribution in [0, 0.1) is 5.82 Å². The molecule has 6 nitrogen and oxygen atoms in total. The summed E-state index contributed by atoms with van der Waals surface area (Å²) >= 11 is 0. The standard InChI is InChI=1S/C20H19FN4O2/c1-27-16-8-6-14(7-9-16)12-24-20-22-11-10-18(25-20)19(26)23-13-15-4-2-3-5-17(15)21/h2-11H,12-13H2,1H3,(H,23,26)(H,22,24,25). The smallest absolute Gasteiger partial charge is 0.270 e. The average Bonchev–Trinajstić information content (AvgIpc) is 2.72. The third-order valence-corrected chi connectivity index (χ3v) is 3.90. The van der Waals surface area contributed by atoms with Gasteiger partial charge in [-0.05, 0) is 29.8 Å². The Balaban J connectivity index is 1.58. The van der Waals surface area contributed by atoms with Gasteiger partial charge in [-0.3, -0.25) is 4.79 Å². The summed E-state index contributed by atoms with van der Waals surface area (Å²) in [6.07, 6.45) is 1.50. The number of aromatic nitrogens is 2. The van der Waals surface area contributed by atoms with Crippen molar-refractivity contribution < 1.29 is 13.9 Å². The zero-order chi connectivity index (χ0) is 19.1. The monoisotopic (exact) mass is 366 g/mol. The van der Waals surface area contributed by atoms with Gasteiger partial charge in [-0.15, -0.1) is 0 Å². The molecule has 1 heterocycles. The van der Waals surface area contributed by atoms with E-state index in [1.807, 2.05) is 24.3 Å². The number of carbonyl (C=O) groups excluding carboxylic acids is 1. The van der Waals surface area contributed by atoms with Gasteiger partial charge in [-0.25, -0.2) is 14.4 Å². The second-order valence-electron chi connectivity index (χ2n) is 5.74. The number of benzene rings is 2. The first-order valence-electron chi connectivity index (χ1n) is 8.37. The number of halogens is 1. The fraction of sp³-hybridized carbons (Fsp3) is 0.150. The number of hydrogen-bond donors (Lipinski definition) is 2. The zero-order valence-electron chi connectivity index (χ0n) is 14.8. The normalized spacial score (nSPS) is 10.3. The van der Waals surface area contributed by atoms with Crippen molar-refractivity contribution in [3.05, 3.63) is 83.4 Å². The minimum atomic E-state index is -0.395. The lowest BCUT2D eigenvalue weighted by Crippen LogP contribution is -2.24. The molecule has 3 aromatic rings. The van der Waals surface area contributed by atoms with E-state index < -0.39 is 5.91 Å². The highest BCUT2D eigenvalue weighted by molar-refractivity contribution is 5.92. The van der Waals surface area contributed by atoms with E-state index in [1.54, 1.807) is 25.3 Å². The van der Waals surface area contributed by atoms with Crippen LogP contribution in [0.25, 0.3) is 0 Å². The maximum absolute atomic E-state index is 13.6. The average molecular weight is 366 g/mol. The highest BCUT2D eigenvalue weighted by Crippen LogP contribution is 2.12. The number of anilines is 1. The van der Waals surface area contributed by atoms with Crippen LogP contribution in [-0.4, -0.2) is 23.0 Å². The molecule has 0 aliphatic rings. The number of amides is 1. The van der Waals surface area contributed by atoms with Crippen LogP contribution in [0.4, 0.5) is 10.3 Å². The Morgan fingerprint density at radius 2 is 1.85 bits per heavy atom. The van der Waals surface area contributed by atoms with Crippen LogP contribution in [0.15, 0.2) is 60.8 Å². The molecule has 0 saturated carbocycles. The van der Waals surface area contributed by atoms with Gasteiger partial charge >= 0.3 is 0 Å². The number of nitrogens with zero attached hydrogens (tertiary/aromatic N) is 2. The van der Waals surface area contributed by atoms with E-state index >= 15 is 0 Å². The van der Waals surface area contributed by atoms with E-state index in [1.165, 1.54) is 18.3 Å². The summed E-state index contributed by atoms with van der Waals surface area (Å²) in [5.74, 6) is 0.364. The first-order chi connectivity index (χ1) is 13.2. The van der Waals surface area contributed by atoms with E-state index in [0.717, 1.165) is 11.3 Å². The third-order valence-electron chi connectivity index (χ3n) is 3.90. The molecule has 2 N–H and O–H groups in total. The molecule has 0 unspecified atom stereocenters. The van der Waals surface area contributed by atoms with Gasteiger partial charge in [0, 0.05) is 24.8 Å². The number of hydrogen-bond acceptors (Lipinski definition) is 5. The quantitative estimate of drug-likeness (QED) is 0.672. The van der Waals surface area contributed by atoms with Crippen molar-refractivity contribution in [2.75, 3.05) is 12.4 Å². The SMILES string of the molecule is COc1ccc(CNc2nccc(C(=O)NCc3ccccc3F)n2)cc1. The van der Waals surface area contributed by atoms with Crippen molar-refractivity contribution in [1.82, 2.24) is 15.3 Å². The Morgan fingerprint density at radius 3 is 2.59 bits per heavy atom. The van der Waals surface area contributed by atoms with Crippen LogP contribution >= 0.6 is 0 Å². The summed E-state index contributed by atoms with van der Waals surface area (Å²) in [6.45, 7) is 0.592. The molecule has 0 atom stereocenters. The van der Waals surface area contributed by atoms with Gasteiger partial charge in [0.2, 0.25) is 5.95 Å². The summed E-state index contributed by atoms with van der Waals surface area (Å²) in [7, 11) is 1.61. The Labute approximate surface area is 156 Å². The molecule has 7 heteroatoms. The highest BCUT2D eigenvalue weighted by atomic mass is 19.1. The summed E-state index contributed by atoms with van der Waals surface area (Å²) in [5, 5.41) is 5.73. The predicted octanol–water partition coefficient (Wildman–Crippen LogP) is 3.17. The molecule has 0 bridgehead atoms. The maximum atomic E-state index is 13.6. The second kappa shape index (κ2) is 8.75. The third kappa shape index (κ3) is 5.01. The molecule has 0 fully saturated rings. The van der Waals surface area contributed by atoms with Gasteiger partial charge in [0.25, 0.3) is 5.91 Å². The fourth-order valence-corrected chi connectivity index (χ4v) is 2.40. The van der Waals surface area contributed by atoms with Crippen LogP contribution in [0.2, 0.25) is 0 Å². The van der Waals surface area contributed by atoms with E-state index in [2.05, 4.69) is 20.6 Å². The van der Waals surface area contributed by atoms with Crippen LogP contribution in [0.1, 0.15) is 21.6 Å². The number of ether oxygens (including phenoxy) is 1. The molecule has 0 spiro atoms. The lowest BCUT2D eigenvalue weighted by Gasteiger charge is -2.08. The van der Waals surface area contributed by atoms with Gasteiger partial charge in [0.1, 0.15) is 17.3 Å². The van der Waals surface area contributed by atoms with E-state index in [9.17, 15) is 9.18 Å². The van der Waals surface area contributed by atoms with Crippen molar-refractivity contribution in [2.45, 2.75) is 13.1 Å². The molecular formula is C20H19FN4O2. The first kappa shape index (κ1) is 18.3. The molecule has 138 valence electrons. The van der Waals surface area contributed by atoms with Gasteiger partial charge in [0.05, 0.1) is 7.11 Å². The molecule has 1 amide bonds. The van der Waals surface area contributed by atoms with Crippen molar-refractivity contribution in [3.63, 3.8) is 0 Å². The number of methoxy groups -OCH3 is 1. The molecule has 27 heavy (non-hydrogen) atoms. The Kier molecular flexibility index (Phi) is 5.94. The second-order valence-corrected chi connectivity index (χ2v) is 5.74. The molecule has 1 aromatic heterocycles. The van der Waals surface area contributed by atoms with Crippen molar-refractivity contribution >= 4 is 11.9 Å². The molecule has 0 aliphatic carbocycles. The van der Waals surface area contributed by atoms with Crippen LogP contribution in [-0.2, 0) is 13.1 Å². The Morgan fingerprint density at radius 1 is 1.07 bits per heavy atom. The fourth-order valence-electron chi connectivity index (χ4n) is 2.40. The van der Waals surface area contributed by atoms with Gasteiger partial charge in [-0.2, -0.15) is 0 Å². The minimum Gasteiger partial charge on any atom is -0.497 e. The van der Waals surface area contributed by atoms with Gasteiger partial charge in [-0.1, -0.05) is 30.3 Å². The largest absolute Gasteiger partial charge is 0.497 e. The summed E-state index contributed by atoms with van der Waals surface area (Å²) in [4.78, 5) is 20.6. The zero-order valence-corrected chi connectivity index (χ0v) is 14.8. The maximum Gasteiger partial charge on any atom is 0.270 e. The summed E-state index contributed by atoms with van der Waals surface area (Å²) in [5.41, 5.74) is 1.64. The van der Waals surface area contributed by atoms with Crippen LogP contribution < -0.4 is 15.4 Å². The van der Waals surface area contributed by atoms with Gasteiger partial charge < -0.3 is 15.4 Å². The summed E-state index contributed by atoms with van der Waals surface area (Å²) < 4.78 is 18.7. The van der Waals surface area contributed by atoms with Crippen molar-refractivity contribution in [2.24, 2.45) is 0 Å². The van der Waals surface area contributed by atoms with Gasteiger partial charge in [0.15, 0.2) is 0 Å². The lowest BCUT2D eigenvalue weighted by molar-refractivity contribution is 0.0945. The molecule has 2 aromatic carbocycles. The Bertz CT molecular complexity index is 916. The lowest BCUT2D eigenvalue weighted by atomic mass is 10.2. The summed E-state index contributed by atoms with van der Waals surface area (Å²) in [6, 6.07) is 15.4. The van der Waals surface area contributed by atoms with Crippen molar-refractivity contribution in [1.29, 1.82) is 0 Å². The van der Waals surface area contributed by atoms with Crippen LogP contribution in [0.5, 0.6) is 5.75 Å². The van der Waals surface area contributed by atoms with Crippen LogP contribution in [0.3, 0.4) is 0 Å². The van der Waals surface area contributed by atoms with Crippen molar-refractivity contribution in [3.8, 4) is 5.75 Å². The predicted molar refractivity (Wildman–Crippen MR) is 99.9 cm³/mol. The molecular weight excluding hydrogens is 347 g/mol. The number of rotatable bonds is 7. The minimum absolute atomic E-state index is 0.0874. The number of nitrogens with one attached hydrogen (secondary N) is 2. The van der Waals surface area contributed by atoms with E-state index in [0.29, 0.717) is 18.1 Å². The Hall–Kier alpha value is -3.48. The van der Waals surface area contributed by atoms with E-state index in [-0.39, 0.29) is 18.1 Å². The number of carbonyl (C=O) groups is 1. The van der Waals surface area contributed by atoms with E-state index in [4.69, 9.17) is 4.74 Å². The highest BCUT2D eigenvalue weighted by Gasteiger charge is 2.10.